The Bertz CT molecular complexity index is 680. The number of fused-ring (bicyclic) bond motifs is 1. The Balaban J connectivity index is 2.59. The van der Waals surface area contributed by atoms with Gasteiger partial charge in [-0.1, -0.05) is 32.4 Å². The molecule has 0 bridgehead atoms. The molecule has 110 valence electrons. The predicted octanol–water partition coefficient (Wildman–Crippen LogP) is 2.71. The number of halogens is 1. The van der Waals surface area contributed by atoms with Gasteiger partial charge in [0.25, 0.3) is 10.0 Å². The lowest BCUT2D eigenvalue weighted by Crippen LogP contribution is -2.19. The van der Waals surface area contributed by atoms with Crippen LogP contribution >= 0.6 is 23.6 Å². The minimum atomic E-state index is -3.71. The number of nitrogens with two attached hydrogens (primary N) is 1. The van der Waals surface area contributed by atoms with Gasteiger partial charge in [-0.3, -0.25) is 0 Å². The Hall–Kier alpha value is -0.640. The highest BCUT2D eigenvalue weighted by Gasteiger charge is 2.36. The van der Waals surface area contributed by atoms with Crippen molar-refractivity contribution in [2.45, 2.75) is 30.6 Å². The van der Waals surface area contributed by atoms with Gasteiger partial charge in [-0.15, -0.1) is 9.32 Å². The Morgan fingerprint density at radius 1 is 1.35 bits per heavy atom. The summed E-state index contributed by atoms with van der Waals surface area (Å²) in [6, 6.07) is 2.96. The largest absolute Gasteiger partial charge is 0.283 e. The Kier molecular flexibility index (Phi) is 4.16. The smallest absolute Gasteiger partial charge is 0.199 e. The highest BCUT2D eigenvalue weighted by Crippen LogP contribution is 2.39. The molecule has 0 fully saturated rings. The number of sulfonamides is 1. The lowest BCUT2D eigenvalue weighted by Gasteiger charge is -2.18. The third kappa shape index (κ3) is 2.85. The second-order valence-electron chi connectivity index (χ2n) is 5.19. The summed E-state index contributed by atoms with van der Waals surface area (Å²) in [5, 5.41) is 0.333. The first-order chi connectivity index (χ1) is 9.16. The minimum absolute atomic E-state index is 0.106. The van der Waals surface area contributed by atoms with E-state index in [0.717, 1.165) is 12.0 Å². The molecule has 0 unspecified atom stereocenters. The maximum atomic E-state index is 12.1. The van der Waals surface area contributed by atoms with E-state index in [9.17, 15) is 8.42 Å². The van der Waals surface area contributed by atoms with Crippen molar-refractivity contribution in [3.8, 4) is 0 Å². The second-order valence-corrected chi connectivity index (χ2v) is 7.91. The second kappa shape index (κ2) is 5.28. The lowest BCUT2D eigenvalue weighted by molar-refractivity contribution is -0.195. The van der Waals surface area contributed by atoms with Crippen LogP contribution in [0.3, 0.4) is 0 Å². The van der Waals surface area contributed by atoms with E-state index >= 15 is 0 Å². The van der Waals surface area contributed by atoms with Crippen LogP contribution in [0.1, 0.15) is 26.3 Å². The zero-order chi connectivity index (χ0) is 15.1. The van der Waals surface area contributed by atoms with Gasteiger partial charge in [-0.2, -0.15) is 18.7 Å². The van der Waals surface area contributed by atoms with Crippen molar-refractivity contribution in [3.05, 3.63) is 22.7 Å². The number of benzene rings is 1. The average molecular weight is 337 g/mol. The van der Waals surface area contributed by atoms with Crippen LogP contribution in [0.5, 0.6) is 0 Å². The SMILES string of the molecule is CC(C)(C)C1=NS(=O)(=O)c2cc(SOON)c(Cl)cc21. The zero-order valence-electron chi connectivity index (χ0n) is 11.0. The fraction of sp³-hybridized carbons (Fsp3) is 0.364. The zero-order valence-corrected chi connectivity index (χ0v) is 13.4. The summed E-state index contributed by atoms with van der Waals surface area (Å²) in [6.45, 7) is 5.66. The molecule has 0 amide bonds. The summed E-state index contributed by atoms with van der Waals surface area (Å²) in [6.07, 6.45) is 0. The van der Waals surface area contributed by atoms with Crippen molar-refractivity contribution < 1.29 is 17.7 Å². The van der Waals surface area contributed by atoms with E-state index in [4.69, 9.17) is 17.5 Å². The van der Waals surface area contributed by atoms with E-state index in [1.165, 1.54) is 6.07 Å². The highest BCUT2D eigenvalue weighted by atomic mass is 35.5. The van der Waals surface area contributed by atoms with E-state index in [0.29, 0.717) is 21.2 Å². The van der Waals surface area contributed by atoms with Crippen molar-refractivity contribution in [2.24, 2.45) is 15.7 Å². The van der Waals surface area contributed by atoms with Crippen LogP contribution < -0.4 is 5.90 Å². The number of nitrogens with zero attached hydrogens (tertiary/aromatic N) is 1. The monoisotopic (exact) mass is 336 g/mol. The first-order valence-electron chi connectivity index (χ1n) is 5.56. The Labute approximate surface area is 126 Å². The van der Waals surface area contributed by atoms with Crippen LogP contribution in [0.25, 0.3) is 0 Å². The molecule has 1 aliphatic rings. The van der Waals surface area contributed by atoms with Gasteiger partial charge in [0.1, 0.15) is 0 Å². The molecule has 9 heteroatoms. The lowest BCUT2D eigenvalue weighted by atomic mass is 9.86. The Morgan fingerprint density at radius 3 is 2.55 bits per heavy atom. The maximum absolute atomic E-state index is 12.1. The summed E-state index contributed by atoms with van der Waals surface area (Å²) in [5.41, 5.74) is 0.593. The first kappa shape index (κ1) is 15.7. The molecule has 2 rings (SSSR count). The average Bonchev–Trinajstić information content (AvgIpc) is 2.58. The standard InChI is InChI=1S/C11H13ClN2O4S2/c1-11(2,3)10-6-4-7(12)8(19-18-17-13)5-9(6)20(15,16)14-10/h4-5H,13H2,1-3H3. The van der Waals surface area contributed by atoms with Crippen LogP contribution in [-0.2, 0) is 19.3 Å². The molecule has 0 saturated carbocycles. The van der Waals surface area contributed by atoms with Crippen LogP contribution in [0.15, 0.2) is 26.3 Å². The summed E-state index contributed by atoms with van der Waals surface area (Å²) < 4.78 is 32.6. The molecule has 0 spiro atoms. The van der Waals surface area contributed by atoms with Gasteiger partial charge in [-0.05, 0) is 12.1 Å². The molecule has 1 aromatic rings. The summed E-state index contributed by atoms with van der Waals surface area (Å²) >= 11 is 6.83. The molecule has 2 N–H and O–H groups in total. The van der Waals surface area contributed by atoms with Crippen LogP contribution in [-0.4, -0.2) is 14.1 Å². The van der Waals surface area contributed by atoms with Gasteiger partial charge < -0.3 is 0 Å². The third-order valence-electron chi connectivity index (χ3n) is 2.65. The molecule has 0 radical (unpaired) electrons. The van der Waals surface area contributed by atoms with Gasteiger partial charge in [0.2, 0.25) is 0 Å². The third-order valence-corrected chi connectivity index (χ3v) is 5.06. The first-order valence-corrected chi connectivity index (χ1v) is 8.12. The molecule has 20 heavy (non-hydrogen) atoms. The topological polar surface area (TPSA) is 91.0 Å². The summed E-state index contributed by atoms with van der Waals surface area (Å²) in [4.78, 5) is 4.46. The maximum Gasteiger partial charge on any atom is 0.283 e. The molecule has 0 aromatic heterocycles. The van der Waals surface area contributed by atoms with Crippen LogP contribution in [0, 0.1) is 5.41 Å². The van der Waals surface area contributed by atoms with Crippen LogP contribution in [0.4, 0.5) is 0 Å². The van der Waals surface area contributed by atoms with E-state index in [1.807, 2.05) is 20.8 Å². The number of hydrogen-bond donors (Lipinski definition) is 1. The van der Waals surface area contributed by atoms with Gasteiger partial charge in [0.05, 0.1) is 32.6 Å². The fourth-order valence-electron chi connectivity index (χ4n) is 1.81. The van der Waals surface area contributed by atoms with E-state index in [1.54, 1.807) is 6.07 Å². The normalized spacial score (nSPS) is 16.9. The van der Waals surface area contributed by atoms with Crippen molar-refractivity contribution in [1.82, 2.24) is 0 Å². The number of hydrogen-bond acceptors (Lipinski definition) is 6. The molecular formula is C11H13ClN2O4S2. The van der Waals surface area contributed by atoms with Gasteiger partial charge in [0.15, 0.2) is 0 Å². The van der Waals surface area contributed by atoms with E-state index in [-0.39, 0.29) is 4.90 Å². The van der Waals surface area contributed by atoms with E-state index in [2.05, 4.69) is 13.7 Å². The van der Waals surface area contributed by atoms with Crippen molar-refractivity contribution in [2.75, 3.05) is 0 Å². The number of rotatable bonds is 3. The highest BCUT2D eigenvalue weighted by molar-refractivity contribution is 7.94. The molecule has 1 heterocycles. The molecule has 6 nitrogen and oxygen atoms in total. The van der Waals surface area contributed by atoms with Crippen molar-refractivity contribution in [1.29, 1.82) is 0 Å². The predicted molar refractivity (Wildman–Crippen MR) is 76.8 cm³/mol. The summed E-state index contributed by atoms with van der Waals surface area (Å²) in [5.74, 6) is 4.74. The van der Waals surface area contributed by atoms with Gasteiger partial charge in [0, 0.05) is 11.0 Å². The van der Waals surface area contributed by atoms with Gasteiger partial charge in [-0.25, -0.2) is 0 Å². The van der Waals surface area contributed by atoms with Crippen molar-refractivity contribution in [3.63, 3.8) is 0 Å². The Morgan fingerprint density at radius 2 is 2.00 bits per heavy atom. The molecule has 0 saturated heterocycles. The summed E-state index contributed by atoms with van der Waals surface area (Å²) in [7, 11) is -3.71. The van der Waals surface area contributed by atoms with Crippen LogP contribution in [0.2, 0.25) is 5.02 Å². The molecule has 1 aliphatic heterocycles. The molecular weight excluding hydrogens is 324 g/mol. The minimum Gasteiger partial charge on any atom is -0.199 e. The molecule has 1 aromatic carbocycles. The van der Waals surface area contributed by atoms with Gasteiger partial charge >= 0.3 is 0 Å². The van der Waals surface area contributed by atoms with E-state index < -0.39 is 15.4 Å². The fourth-order valence-corrected chi connectivity index (χ4v) is 3.97. The van der Waals surface area contributed by atoms with Crippen molar-refractivity contribution >= 4 is 39.4 Å². The molecule has 0 aliphatic carbocycles. The quantitative estimate of drug-likeness (QED) is 0.518. The molecule has 0 atom stereocenters.